The minimum Gasteiger partial charge on any atom is -0.465 e. The highest BCUT2D eigenvalue weighted by atomic mass is 32.2. The van der Waals surface area contributed by atoms with Crippen molar-refractivity contribution in [1.29, 1.82) is 0 Å². The van der Waals surface area contributed by atoms with E-state index < -0.39 is 97.2 Å². The van der Waals surface area contributed by atoms with Gasteiger partial charge in [-0.05, 0) is 110 Å². The first-order valence-corrected chi connectivity index (χ1v) is 20.2. The number of sulfonamides is 1. The molecule has 0 aromatic carbocycles. The van der Waals surface area contributed by atoms with Crippen LogP contribution in [0.15, 0.2) is 35.6 Å². The second-order valence-corrected chi connectivity index (χ2v) is 19.3. The Labute approximate surface area is 319 Å². The molecule has 5 aliphatic rings. The fourth-order valence-corrected chi connectivity index (χ4v) is 9.08. The molecular formula is C37H52F3N5O9S. The Morgan fingerprint density at radius 2 is 1.71 bits per heavy atom. The molecule has 3 aliphatic carbocycles. The van der Waals surface area contributed by atoms with Gasteiger partial charge in [-0.1, -0.05) is 26.0 Å². The smallest absolute Gasteiger partial charge is 0.418 e. The van der Waals surface area contributed by atoms with E-state index in [0.29, 0.717) is 48.7 Å². The van der Waals surface area contributed by atoms with Gasteiger partial charge in [-0.3, -0.25) is 28.9 Å². The first-order valence-electron chi connectivity index (χ1n) is 18.7. The molecule has 0 aromatic rings. The Kier molecular flexibility index (Phi) is 11.7. The lowest BCUT2D eigenvalue weighted by Gasteiger charge is -2.36. The number of carbonyl (C=O) groups excluding carboxylic acids is 4. The van der Waals surface area contributed by atoms with Crippen LogP contribution in [0.2, 0.25) is 0 Å². The van der Waals surface area contributed by atoms with E-state index in [4.69, 9.17) is 4.74 Å². The molecule has 5 rings (SSSR count). The van der Waals surface area contributed by atoms with Gasteiger partial charge in [-0.25, -0.2) is 18.0 Å². The molecule has 0 radical (unpaired) electrons. The maximum absolute atomic E-state index is 14.6. The molecule has 0 spiro atoms. The maximum Gasteiger partial charge on any atom is 0.418 e. The van der Waals surface area contributed by atoms with Crippen molar-refractivity contribution >= 4 is 39.8 Å². The zero-order valence-corrected chi connectivity index (χ0v) is 32.8. The lowest BCUT2D eigenvalue weighted by molar-refractivity contribution is -0.132. The van der Waals surface area contributed by atoms with E-state index in [0.717, 1.165) is 12.8 Å². The van der Waals surface area contributed by atoms with Gasteiger partial charge in [0.05, 0.1) is 28.1 Å². The summed E-state index contributed by atoms with van der Waals surface area (Å²) in [6.07, 6.45) is -0.0399. The largest absolute Gasteiger partial charge is 0.465 e. The topological polar surface area (TPSA) is 192 Å². The SMILES string of the molecule is C[C@H]1CC/C=C\[C@@H]2C[C@@]2(C(=O)NS(=O)(=O)C2(C)CC2)NC(=O)[C@@H]2C[C@@H](N(C(=O)O)C3=C(C(F)(F)F)C=CC(=O)[C@H]3NC(=O)OC(C)(C)C)CN2CC[C@H](C)C1. The van der Waals surface area contributed by atoms with Crippen LogP contribution >= 0.6 is 0 Å². The van der Waals surface area contributed by atoms with Gasteiger partial charge in [-0.2, -0.15) is 13.2 Å². The van der Waals surface area contributed by atoms with Crippen LogP contribution < -0.4 is 15.4 Å². The number of ether oxygens (including phenoxy) is 1. The second kappa shape index (κ2) is 15.2. The number of carboxylic acid groups (broad SMARTS) is 1. The molecule has 7 atom stereocenters. The number of amides is 4. The Hall–Kier alpha value is -3.93. The Bertz CT molecular complexity index is 1790. The number of nitrogens with zero attached hydrogens (tertiary/aromatic N) is 2. The monoisotopic (exact) mass is 799 g/mol. The molecule has 2 aliphatic heterocycles. The molecule has 0 aromatic heterocycles. The van der Waals surface area contributed by atoms with Gasteiger partial charge in [0.25, 0.3) is 5.91 Å². The fourth-order valence-electron chi connectivity index (χ4n) is 7.77. The van der Waals surface area contributed by atoms with Crippen molar-refractivity contribution in [2.45, 2.75) is 133 Å². The van der Waals surface area contributed by atoms with Gasteiger partial charge in [-0.15, -0.1) is 0 Å². The van der Waals surface area contributed by atoms with E-state index in [1.807, 2.05) is 13.0 Å². The van der Waals surface area contributed by atoms with Crippen molar-refractivity contribution in [3.05, 3.63) is 35.6 Å². The maximum atomic E-state index is 14.6. The van der Waals surface area contributed by atoms with Crippen molar-refractivity contribution in [3.8, 4) is 0 Å². The third-order valence-electron chi connectivity index (χ3n) is 11.2. The van der Waals surface area contributed by atoms with Crippen LogP contribution in [0, 0.1) is 17.8 Å². The summed E-state index contributed by atoms with van der Waals surface area (Å²) in [5.41, 5.74) is -5.24. The lowest BCUT2D eigenvalue weighted by Crippen LogP contribution is -2.56. The number of fused-ring (bicyclic) bond motifs is 2. The standard InChI is InChI=1S/C37H52F3N5O9S/c1-21-9-7-8-10-23-19-36(23,31(48)43-55(52,53)35(6)14-15-35)42-30(47)26-18-24(20-44(26)16-13-22(2)17-21)45(33(50)51)29-25(37(38,39)40)11-12-27(46)28(29)41-32(49)54-34(3,4)5/h8,10-12,21-24,26,28H,7,9,13-20H2,1-6H3,(H,41,49)(H,42,47)(H,43,48)(H,50,51)/b10-8-/t21-,22-,23+,24+,26-,28+,36+/m0/s1. The van der Waals surface area contributed by atoms with E-state index >= 15 is 0 Å². The fraction of sp³-hybridized carbons (Fsp3) is 0.703. The summed E-state index contributed by atoms with van der Waals surface area (Å²) >= 11 is 0. The third kappa shape index (κ3) is 9.38. The summed E-state index contributed by atoms with van der Waals surface area (Å²) in [6, 6.07) is -4.58. The molecule has 18 heteroatoms. The van der Waals surface area contributed by atoms with Crippen LogP contribution in [0.3, 0.4) is 0 Å². The highest BCUT2D eigenvalue weighted by Crippen LogP contribution is 2.48. The number of alkyl halides is 3. The number of allylic oxidation sites excluding steroid dienone is 3. The van der Waals surface area contributed by atoms with Crippen LogP contribution in [-0.2, 0) is 29.1 Å². The molecule has 2 saturated carbocycles. The summed E-state index contributed by atoms with van der Waals surface area (Å²) in [5, 5.41) is 15.5. The minimum absolute atomic E-state index is 0.103. The van der Waals surface area contributed by atoms with Gasteiger partial charge in [0.1, 0.15) is 17.2 Å². The molecule has 4 N–H and O–H groups in total. The van der Waals surface area contributed by atoms with Crippen molar-refractivity contribution in [1.82, 2.24) is 25.2 Å². The molecular weight excluding hydrogens is 747 g/mol. The van der Waals surface area contributed by atoms with E-state index in [1.54, 1.807) is 11.0 Å². The molecule has 0 bridgehead atoms. The normalized spacial score (nSPS) is 32.2. The number of rotatable bonds is 6. The molecule has 14 nitrogen and oxygen atoms in total. The molecule has 306 valence electrons. The summed E-state index contributed by atoms with van der Waals surface area (Å²) in [5.74, 6) is -2.72. The highest BCUT2D eigenvalue weighted by Gasteiger charge is 2.63. The summed E-state index contributed by atoms with van der Waals surface area (Å²) in [4.78, 5) is 69.2. The van der Waals surface area contributed by atoms with Crippen LogP contribution in [-0.4, -0.2) is 106 Å². The molecule has 1 saturated heterocycles. The number of alkyl carbamates (subject to hydrolysis) is 1. The quantitative estimate of drug-likeness (QED) is 0.278. The van der Waals surface area contributed by atoms with Crippen LogP contribution in [0.1, 0.15) is 92.9 Å². The zero-order valence-electron chi connectivity index (χ0n) is 32.0. The predicted octanol–water partition coefficient (Wildman–Crippen LogP) is 4.53. The average molecular weight is 800 g/mol. The number of ketones is 1. The van der Waals surface area contributed by atoms with Crippen molar-refractivity contribution < 1.29 is 55.4 Å². The van der Waals surface area contributed by atoms with Gasteiger partial charge < -0.3 is 20.5 Å². The number of hydrogen-bond donors (Lipinski definition) is 4. The summed E-state index contributed by atoms with van der Waals surface area (Å²) in [7, 11) is -4.08. The first kappa shape index (κ1) is 42.2. The number of halogens is 3. The Morgan fingerprint density at radius 3 is 2.31 bits per heavy atom. The molecule has 4 amide bonds. The van der Waals surface area contributed by atoms with E-state index in [-0.39, 0.29) is 31.8 Å². The zero-order chi connectivity index (χ0) is 40.9. The van der Waals surface area contributed by atoms with Gasteiger partial charge >= 0.3 is 18.4 Å². The van der Waals surface area contributed by atoms with E-state index in [2.05, 4.69) is 22.3 Å². The Morgan fingerprint density at radius 1 is 1.05 bits per heavy atom. The Balaban J connectivity index is 1.51. The minimum atomic E-state index is -5.16. The summed E-state index contributed by atoms with van der Waals surface area (Å²) < 4.78 is 76.3. The van der Waals surface area contributed by atoms with E-state index in [9.17, 15) is 50.7 Å². The molecule has 55 heavy (non-hydrogen) atoms. The van der Waals surface area contributed by atoms with Crippen molar-refractivity contribution in [2.24, 2.45) is 17.8 Å². The van der Waals surface area contributed by atoms with Crippen LogP contribution in [0.5, 0.6) is 0 Å². The summed E-state index contributed by atoms with van der Waals surface area (Å²) in [6.45, 7) is 10.2. The first-order chi connectivity index (χ1) is 25.4. The molecule has 2 heterocycles. The average Bonchev–Trinajstić information content (AvgIpc) is 3.92. The third-order valence-corrected chi connectivity index (χ3v) is 13.4. The van der Waals surface area contributed by atoms with Gasteiger partial charge in [0.15, 0.2) is 5.78 Å². The lowest BCUT2D eigenvalue weighted by atomic mass is 9.91. The van der Waals surface area contributed by atoms with Crippen molar-refractivity contribution in [3.63, 3.8) is 0 Å². The predicted molar refractivity (Wildman–Crippen MR) is 194 cm³/mol. The molecule has 0 unspecified atom stereocenters. The van der Waals surface area contributed by atoms with E-state index in [1.165, 1.54) is 27.7 Å². The number of carbonyl (C=O) groups is 5. The number of nitrogens with one attached hydrogen (secondary N) is 3. The van der Waals surface area contributed by atoms with Gasteiger partial charge in [0.2, 0.25) is 15.9 Å². The van der Waals surface area contributed by atoms with Crippen LogP contribution in [0.25, 0.3) is 0 Å². The van der Waals surface area contributed by atoms with Crippen molar-refractivity contribution in [2.75, 3.05) is 13.1 Å². The second-order valence-electron chi connectivity index (χ2n) is 17.1. The highest BCUT2D eigenvalue weighted by molar-refractivity contribution is 7.91. The van der Waals surface area contributed by atoms with Crippen LogP contribution in [0.4, 0.5) is 22.8 Å². The number of hydrogen-bond acceptors (Lipinski definition) is 9. The molecule has 3 fully saturated rings. The van der Waals surface area contributed by atoms with Gasteiger partial charge in [0, 0.05) is 12.5 Å².